The second-order valence-corrected chi connectivity index (χ2v) is 7.50. The van der Waals surface area contributed by atoms with Gasteiger partial charge in [-0.25, -0.2) is 0 Å². The molecule has 0 radical (unpaired) electrons. The lowest BCUT2D eigenvalue weighted by atomic mass is 10.1. The predicted octanol–water partition coefficient (Wildman–Crippen LogP) is 0.714. The number of nitrogens with one attached hydrogen (secondary N) is 1. The van der Waals surface area contributed by atoms with Gasteiger partial charge in [0.25, 0.3) is 5.91 Å². The Balaban J connectivity index is 1.56. The Morgan fingerprint density at radius 1 is 1.32 bits per heavy atom. The standard InChI is InChI=1S/C20H28N4O4/c1-22(2)20(27)14-6-7-17-16(11-14)23(3)15(13-28-17)12-18(25)21-8-10-24-9-4-5-19(24)26/h6-7,11,15H,4-5,8-10,12-13H2,1-3H3,(H,21,25)/t15-/m0/s1. The zero-order valence-electron chi connectivity index (χ0n) is 16.7. The molecule has 0 spiro atoms. The van der Waals surface area contributed by atoms with Gasteiger partial charge in [0.15, 0.2) is 0 Å². The molecule has 0 saturated carbocycles. The van der Waals surface area contributed by atoms with Gasteiger partial charge in [-0.05, 0) is 24.6 Å². The van der Waals surface area contributed by atoms with Crippen LogP contribution in [-0.4, -0.2) is 80.9 Å². The molecule has 8 nitrogen and oxygen atoms in total. The Morgan fingerprint density at radius 3 is 2.79 bits per heavy atom. The summed E-state index contributed by atoms with van der Waals surface area (Å²) in [7, 11) is 5.34. The van der Waals surface area contributed by atoms with E-state index < -0.39 is 0 Å². The molecular formula is C20H28N4O4. The van der Waals surface area contributed by atoms with Crippen LogP contribution < -0.4 is 15.0 Å². The van der Waals surface area contributed by atoms with E-state index in [9.17, 15) is 14.4 Å². The molecule has 0 aliphatic carbocycles. The van der Waals surface area contributed by atoms with Crippen LogP contribution in [0, 0.1) is 0 Å². The molecular weight excluding hydrogens is 360 g/mol. The van der Waals surface area contributed by atoms with Crippen molar-refractivity contribution < 1.29 is 19.1 Å². The number of hydrogen-bond donors (Lipinski definition) is 1. The second kappa shape index (κ2) is 8.50. The molecule has 3 rings (SSSR count). The highest BCUT2D eigenvalue weighted by Crippen LogP contribution is 2.34. The van der Waals surface area contributed by atoms with E-state index in [0.29, 0.717) is 37.4 Å². The highest BCUT2D eigenvalue weighted by molar-refractivity contribution is 5.95. The first-order valence-corrected chi connectivity index (χ1v) is 9.62. The van der Waals surface area contributed by atoms with Crippen molar-refractivity contribution in [2.24, 2.45) is 0 Å². The third-order valence-electron chi connectivity index (χ3n) is 5.27. The van der Waals surface area contributed by atoms with Gasteiger partial charge in [0, 0.05) is 52.8 Å². The summed E-state index contributed by atoms with van der Waals surface area (Å²) in [6.45, 7) is 2.20. The molecule has 0 unspecified atom stereocenters. The Bertz CT molecular complexity index is 765. The molecule has 1 N–H and O–H groups in total. The van der Waals surface area contributed by atoms with Crippen LogP contribution in [0.3, 0.4) is 0 Å². The van der Waals surface area contributed by atoms with Gasteiger partial charge >= 0.3 is 0 Å². The zero-order chi connectivity index (χ0) is 20.3. The largest absolute Gasteiger partial charge is 0.489 e. The number of carbonyl (C=O) groups is 3. The van der Waals surface area contributed by atoms with Gasteiger partial charge < -0.3 is 24.8 Å². The predicted molar refractivity (Wildman–Crippen MR) is 106 cm³/mol. The van der Waals surface area contributed by atoms with Crippen LogP contribution in [0.25, 0.3) is 0 Å². The number of benzene rings is 1. The molecule has 2 aliphatic rings. The van der Waals surface area contributed by atoms with Gasteiger partial charge in [0.05, 0.1) is 18.2 Å². The minimum Gasteiger partial charge on any atom is -0.489 e. The van der Waals surface area contributed by atoms with Gasteiger partial charge in [-0.2, -0.15) is 0 Å². The number of hydrogen-bond acceptors (Lipinski definition) is 5. The lowest BCUT2D eigenvalue weighted by Gasteiger charge is -2.36. The average Bonchev–Trinajstić information content (AvgIpc) is 3.08. The lowest BCUT2D eigenvalue weighted by Crippen LogP contribution is -2.44. The van der Waals surface area contributed by atoms with E-state index in [-0.39, 0.29) is 30.2 Å². The number of rotatable bonds is 6. The Morgan fingerprint density at radius 2 is 2.11 bits per heavy atom. The highest BCUT2D eigenvalue weighted by Gasteiger charge is 2.28. The maximum atomic E-state index is 12.3. The van der Waals surface area contributed by atoms with Gasteiger partial charge in [-0.3, -0.25) is 14.4 Å². The van der Waals surface area contributed by atoms with Crippen molar-refractivity contribution >= 4 is 23.4 Å². The Labute approximate surface area is 165 Å². The maximum Gasteiger partial charge on any atom is 0.253 e. The van der Waals surface area contributed by atoms with E-state index in [1.807, 2.05) is 11.9 Å². The lowest BCUT2D eigenvalue weighted by molar-refractivity contribution is -0.128. The van der Waals surface area contributed by atoms with Crippen LogP contribution in [0.2, 0.25) is 0 Å². The minimum atomic E-state index is -0.120. The van der Waals surface area contributed by atoms with Crippen LogP contribution >= 0.6 is 0 Å². The third kappa shape index (κ3) is 4.37. The summed E-state index contributed by atoms with van der Waals surface area (Å²) < 4.78 is 5.80. The number of nitrogens with zero attached hydrogens (tertiary/aromatic N) is 3. The molecule has 8 heteroatoms. The molecule has 0 aromatic heterocycles. The van der Waals surface area contributed by atoms with Crippen LogP contribution in [0.4, 0.5) is 5.69 Å². The summed E-state index contributed by atoms with van der Waals surface area (Å²) in [4.78, 5) is 41.5. The molecule has 1 atom stereocenters. The van der Waals surface area contributed by atoms with Crippen molar-refractivity contribution in [1.82, 2.24) is 15.1 Å². The molecule has 0 bridgehead atoms. The number of likely N-dealkylation sites (N-methyl/N-ethyl adjacent to an activating group) is 1. The van der Waals surface area contributed by atoms with E-state index in [4.69, 9.17) is 4.74 Å². The quantitative estimate of drug-likeness (QED) is 0.776. The first-order chi connectivity index (χ1) is 13.4. The van der Waals surface area contributed by atoms with Crippen molar-refractivity contribution in [3.8, 4) is 5.75 Å². The van der Waals surface area contributed by atoms with Crippen molar-refractivity contribution in [2.45, 2.75) is 25.3 Å². The number of amides is 3. The van der Waals surface area contributed by atoms with Crippen molar-refractivity contribution in [2.75, 3.05) is 52.3 Å². The number of anilines is 1. The fourth-order valence-electron chi connectivity index (χ4n) is 3.55. The maximum absolute atomic E-state index is 12.3. The van der Waals surface area contributed by atoms with E-state index in [1.165, 1.54) is 4.90 Å². The fourth-order valence-corrected chi connectivity index (χ4v) is 3.55. The Hall–Kier alpha value is -2.77. The average molecular weight is 388 g/mol. The second-order valence-electron chi connectivity index (χ2n) is 7.50. The summed E-state index contributed by atoms with van der Waals surface area (Å²) in [5.74, 6) is 0.722. The van der Waals surface area contributed by atoms with Gasteiger partial charge in [-0.1, -0.05) is 0 Å². The molecule has 152 valence electrons. The summed E-state index contributed by atoms with van der Waals surface area (Å²) in [5, 5.41) is 2.89. The van der Waals surface area contributed by atoms with Crippen LogP contribution in [0.5, 0.6) is 5.75 Å². The summed E-state index contributed by atoms with van der Waals surface area (Å²) in [5.41, 5.74) is 1.39. The molecule has 2 heterocycles. The van der Waals surface area contributed by atoms with E-state index in [2.05, 4.69) is 5.32 Å². The normalized spacial score (nSPS) is 18.5. The Kier molecular flexibility index (Phi) is 6.06. The SMILES string of the molecule is CN(C)C(=O)c1ccc2c(c1)N(C)[C@@H](CC(=O)NCCN1CCCC1=O)CO2. The molecule has 1 aromatic carbocycles. The van der Waals surface area contributed by atoms with Crippen molar-refractivity contribution in [3.63, 3.8) is 0 Å². The minimum absolute atomic E-state index is 0.0731. The monoisotopic (exact) mass is 388 g/mol. The molecule has 1 fully saturated rings. The van der Waals surface area contributed by atoms with E-state index >= 15 is 0 Å². The van der Waals surface area contributed by atoms with Gasteiger partial charge in [-0.15, -0.1) is 0 Å². The number of carbonyl (C=O) groups excluding carboxylic acids is 3. The number of ether oxygens (including phenoxy) is 1. The third-order valence-corrected chi connectivity index (χ3v) is 5.27. The summed E-state index contributed by atoms with van der Waals surface area (Å²) in [6.07, 6.45) is 1.79. The summed E-state index contributed by atoms with van der Waals surface area (Å²) >= 11 is 0. The zero-order valence-corrected chi connectivity index (χ0v) is 16.7. The van der Waals surface area contributed by atoms with Crippen molar-refractivity contribution in [1.29, 1.82) is 0 Å². The number of fused-ring (bicyclic) bond motifs is 1. The highest BCUT2D eigenvalue weighted by atomic mass is 16.5. The van der Waals surface area contributed by atoms with E-state index in [0.717, 1.165) is 18.7 Å². The topological polar surface area (TPSA) is 82.2 Å². The fraction of sp³-hybridized carbons (Fsp3) is 0.550. The van der Waals surface area contributed by atoms with E-state index in [1.54, 1.807) is 37.2 Å². The first kappa shape index (κ1) is 20.0. The first-order valence-electron chi connectivity index (χ1n) is 9.62. The van der Waals surface area contributed by atoms with Crippen LogP contribution in [0.15, 0.2) is 18.2 Å². The molecule has 1 saturated heterocycles. The van der Waals surface area contributed by atoms with Crippen LogP contribution in [0.1, 0.15) is 29.6 Å². The van der Waals surface area contributed by atoms with Crippen molar-refractivity contribution in [3.05, 3.63) is 23.8 Å². The molecule has 2 aliphatic heterocycles. The summed E-state index contributed by atoms with van der Waals surface area (Å²) in [6, 6.07) is 5.24. The van der Waals surface area contributed by atoms with Gasteiger partial charge in [0.1, 0.15) is 12.4 Å². The molecule has 3 amide bonds. The number of likely N-dealkylation sites (tertiary alicyclic amines) is 1. The molecule has 1 aromatic rings. The van der Waals surface area contributed by atoms with Crippen LogP contribution in [-0.2, 0) is 9.59 Å². The molecule has 28 heavy (non-hydrogen) atoms. The smallest absolute Gasteiger partial charge is 0.253 e. The van der Waals surface area contributed by atoms with Gasteiger partial charge in [0.2, 0.25) is 11.8 Å².